The second-order valence-corrected chi connectivity index (χ2v) is 28.0. The summed E-state index contributed by atoms with van der Waals surface area (Å²) in [6.45, 7) is 4.59. The quantitative estimate of drug-likeness (QED) is 0.0272. The number of likely N-dealkylation sites (N-methyl/N-ethyl adjacent to an activating group) is 1. The number of phosphoric acid groups is 1. The van der Waals surface area contributed by atoms with Gasteiger partial charge in [-0.15, -0.1) is 0 Å². The smallest absolute Gasteiger partial charge is 0.268 e. The summed E-state index contributed by atoms with van der Waals surface area (Å²) in [5, 5.41) is 14.0. The Hall–Kier alpha value is -1.80. The number of phosphoric ester groups is 1. The van der Waals surface area contributed by atoms with Crippen molar-refractivity contribution in [2.45, 2.75) is 379 Å². The molecule has 0 bridgehead atoms. The van der Waals surface area contributed by atoms with Crippen molar-refractivity contribution >= 4 is 13.7 Å². The highest BCUT2D eigenvalue weighted by Gasteiger charge is 2.23. The summed E-state index contributed by atoms with van der Waals surface area (Å²) in [6, 6.07) is -0.887. The van der Waals surface area contributed by atoms with Crippen LogP contribution in [-0.4, -0.2) is 68.5 Å². The molecule has 0 saturated heterocycles. The van der Waals surface area contributed by atoms with Crippen molar-refractivity contribution < 1.29 is 32.9 Å². The summed E-state index contributed by atoms with van der Waals surface area (Å²) in [5.74, 6) is -0.189. The first-order valence-electron chi connectivity index (χ1n) is 37.2. The summed E-state index contributed by atoms with van der Waals surface area (Å²) < 4.78 is 23.5. The van der Waals surface area contributed by atoms with E-state index in [1.54, 1.807) is 6.08 Å². The number of hydrogen-bond donors (Lipinski definition) is 2. The van der Waals surface area contributed by atoms with Crippen LogP contribution in [0.25, 0.3) is 0 Å². The van der Waals surface area contributed by atoms with Gasteiger partial charge in [0.2, 0.25) is 5.91 Å². The molecule has 0 saturated carbocycles. The number of carbonyl (C=O) groups is 1. The van der Waals surface area contributed by atoms with E-state index in [0.717, 1.165) is 64.2 Å². The molecule has 8 nitrogen and oxygen atoms in total. The maximum absolute atomic E-state index is 13.0. The number of hydrogen-bond acceptors (Lipinski definition) is 6. The Morgan fingerprint density at radius 3 is 1.05 bits per heavy atom. The normalized spacial score (nSPS) is 13.9. The van der Waals surface area contributed by atoms with Crippen LogP contribution in [0.15, 0.2) is 60.8 Å². The van der Waals surface area contributed by atoms with Crippen LogP contribution in [0.4, 0.5) is 0 Å². The van der Waals surface area contributed by atoms with Gasteiger partial charge in [-0.2, -0.15) is 0 Å². The Kier molecular flexibility index (Phi) is 65.2. The van der Waals surface area contributed by atoms with Crippen LogP contribution in [-0.2, 0) is 18.4 Å². The Balaban J connectivity index is 3.91. The van der Waals surface area contributed by atoms with Crippen LogP contribution in [0, 0.1) is 0 Å². The fourth-order valence-corrected chi connectivity index (χ4v) is 12.0. The van der Waals surface area contributed by atoms with Gasteiger partial charge in [0.1, 0.15) is 13.2 Å². The standard InChI is InChI=1S/C76H145N2O6P/c1-6-8-10-12-14-16-18-20-22-24-26-28-30-31-32-33-34-35-36-37-38-39-40-41-42-43-44-45-46-47-48-50-52-54-56-58-60-62-64-66-68-70-76(80)77-74(73-84-85(81,82)83-72-71-78(3,4)5)75(79)69-67-65-63-61-59-57-55-53-51-49-29-27-25-23-21-19-17-15-13-11-9-7-2/h8,10,14,16,20,22,26,28,67,69,74-75,79H,6-7,9,11-13,15,17-19,21,23-25,27,29-66,68,70-73H2,1-5H3,(H-,77,80,81,82)/b10-8-,16-14-,22-20-,28-26-,69-67+. The zero-order valence-electron chi connectivity index (χ0n) is 57.3. The Morgan fingerprint density at radius 2 is 0.718 bits per heavy atom. The molecule has 0 aromatic carbocycles. The van der Waals surface area contributed by atoms with Gasteiger partial charge < -0.3 is 28.8 Å². The van der Waals surface area contributed by atoms with Gasteiger partial charge in [-0.05, 0) is 57.8 Å². The van der Waals surface area contributed by atoms with Gasteiger partial charge in [-0.3, -0.25) is 9.36 Å². The SMILES string of the molecule is CC/C=C\C/C=C\C/C=C\C/C=C\CCCCCCCCCCCCCCCCCCCCCCCCCCCCCCC(=O)NC(COP(=O)([O-])OCC[N+](C)(C)C)C(O)/C=C/CCCCCCCCCCCCCCCCCCCCCC. The lowest BCUT2D eigenvalue weighted by molar-refractivity contribution is -0.870. The number of rotatable bonds is 69. The van der Waals surface area contributed by atoms with Crippen molar-refractivity contribution in [2.75, 3.05) is 40.9 Å². The van der Waals surface area contributed by atoms with E-state index in [9.17, 15) is 19.4 Å². The molecule has 2 N–H and O–H groups in total. The molecule has 0 rings (SSSR count). The molecule has 0 aromatic heterocycles. The molecule has 0 spiro atoms. The molecule has 0 fully saturated rings. The summed E-state index contributed by atoms with van der Waals surface area (Å²) in [5.41, 5.74) is 0. The Bertz CT molecular complexity index is 1570. The van der Waals surface area contributed by atoms with E-state index in [-0.39, 0.29) is 19.1 Å². The van der Waals surface area contributed by atoms with Crippen LogP contribution in [0.3, 0.4) is 0 Å². The van der Waals surface area contributed by atoms with Crippen LogP contribution in [0.5, 0.6) is 0 Å². The van der Waals surface area contributed by atoms with Crippen molar-refractivity contribution in [3.8, 4) is 0 Å². The minimum atomic E-state index is -4.60. The van der Waals surface area contributed by atoms with Crippen LogP contribution in [0.1, 0.15) is 367 Å². The predicted molar refractivity (Wildman–Crippen MR) is 371 cm³/mol. The fraction of sp³-hybridized carbons (Fsp3) is 0.855. The molecule has 0 aromatic rings. The van der Waals surface area contributed by atoms with E-state index in [1.165, 1.54) is 283 Å². The van der Waals surface area contributed by atoms with Gasteiger partial charge in [0, 0.05) is 6.42 Å². The molecule has 0 heterocycles. The first-order valence-corrected chi connectivity index (χ1v) is 38.6. The topological polar surface area (TPSA) is 108 Å². The third-order valence-corrected chi connectivity index (χ3v) is 17.9. The van der Waals surface area contributed by atoms with E-state index in [0.29, 0.717) is 17.4 Å². The highest BCUT2D eigenvalue weighted by molar-refractivity contribution is 7.45. The minimum Gasteiger partial charge on any atom is -0.756 e. The van der Waals surface area contributed by atoms with E-state index in [1.807, 2.05) is 27.2 Å². The molecular formula is C76H145N2O6P. The molecule has 500 valence electrons. The van der Waals surface area contributed by atoms with Crippen LogP contribution >= 0.6 is 7.82 Å². The highest BCUT2D eigenvalue weighted by atomic mass is 31.2. The lowest BCUT2D eigenvalue weighted by Crippen LogP contribution is -2.45. The zero-order valence-corrected chi connectivity index (χ0v) is 58.2. The molecule has 0 aliphatic carbocycles. The lowest BCUT2D eigenvalue weighted by Gasteiger charge is -2.29. The molecule has 3 unspecified atom stereocenters. The summed E-state index contributed by atoms with van der Waals surface area (Å²) >= 11 is 0. The average molecular weight is 1210 g/mol. The Morgan fingerprint density at radius 1 is 0.424 bits per heavy atom. The number of carbonyl (C=O) groups excluding carboxylic acids is 1. The minimum absolute atomic E-state index is 0.000914. The number of nitrogens with zero attached hydrogens (tertiary/aromatic N) is 1. The first kappa shape index (κ1) is 83.2. The van der Waals surface area contributed by atoms with Gasteiger partial charge in [-0.1, -0.05) is 364 Å². The largest absolute Gasteiger partial charge is 0.756 e. The maximum Gasteiger partial charge on any atom is 0.268 e. The van der Waals surface area contributed by atoms with Gasteiger partial charge in [0.25, 0.3) is 7.82 Å². The summed E-state index contributed by atoms with van der Waals surface area (Å²) in [6.07, 6.45) is 92.3. The number of allylic oxidation sites excluding steroid dienone is 9. The molecular weight excluding hydrogens is 1070 g/mol. The summed E-state index contributed by atoms with van der Waals surface area (Å²) in [7, 11) is 1.28. The van der Waals surface area contributed by atoms with Crippen LogP contribution < -0.4 is 10.2 Å². The first-order chi connectivity index (χ1) is 41.5. The molecule has 0 aliphatic heterocycles. The number of aliphatic hydroxyl groups is 1. The maximum atomic E-state index is 13.0. The molecule has 0 radical (unpaired) electrons. The second kappa shape index (κ2) is 66.6. The van der Waals surface area contributed by atoms with E-state index < -0.39 is 20.0 Å². The molecule has 3 atom stereocenters. The van der Waals surface area contributed by atoms with Crippen LogP contribution in [0.2, 0.25) is 0 Å². The fourth-order valence-electron chi connectivity index (χ4n) is 11.3. The van der Waals surface area contributed by atoms with Crippen molar-refractivity contribution in [3.63, 3.8) is 0 Å². The van der Waals surface area contributed by atoms with E-state index >= 15 is 0 Å². The number of nitrogens with one attached hydrogen (secondary N) is 1. The number of aliphatic hydroxyl groups excluding tert-OH is 1. The molecule has 85 heavy (non-hydrogen) atoms. The van der Waals surface area contributed by atoms with Gasteiger partial charge in [-0.25, -0.2) is 0 Å². The third kappa shape index (κ3) is 69.5. The predicted octanol–water partition coefficient (Wildman–Crippen LogP) is 23.3. The molecule has 1 amide bonds. The van der Waals surface area contributed by atoms with Crippen molar-refractivity contribution in [1.29, 1.82) is 0 Å². The number of unbranched alkanes of at least 4 members (excludes halogenated alkanes) is 48. The molecule has 9 heteroatoms. The lowest BCUT2D eigenvalue weighted by atomic mass is 10.0. The van der Waals surface area contributed by atoms with Gasteiger partial charge in [0.05, 0.1) is 39.9 Å². The zero-order chi connectivity index (χ0) is 61.9. The van der Waals surface area contributed by atoms with Crippen molar-refractivity contribution in [1.82, 2.24) is 5.32 Å². The summed E-state index contributed by atoms with van der Waals surface area (Å²) in [4.78, 5) is 25.6. The van der Waals surface area contributed by atoms with E-state index in [2.05, 4.69) is 67.8 Å². The van der Waals surface area contributed by atoms with Crippen molar-refractivity contribution in [3.05, 3.63) is 60.8 Å². The third-order valence-electron chi connectivity index (χ3n) is 17.0. The van der Waals surface area contributed by atoms with E-state index in [4.69, 9.17) is 9.05 Å². The number of amides is 1. The monoisotopic (exact) mass is 1210 g/mol. The second-order valence-electron chi connectivity index (χ2n) is 26.6. The van der Waals surface area contributed by atoms with Gasteiger partial charge >= 0.3 is 0 Å². The van der Waals surface area contributed by atoms with Gasteiger partial charge in [0.15, 0.2) is 0 Å². The average Bonchev–Trinajstić information content (AvgIpc) is 3.48. The molecule has 0 aliphatic rings. The number of quaternary nitrogens is 1. The Labute approximate surface area is 530 Å². The highest BCUT2D eigenvalue weighted by Crippen LogP contribution is 2.38. The van der Waals surface area contributed by atoms with Crippen molar-refractivity contribution in [2.24, 2.45) is 0 Å².